The number of hydrazone groups is 1. The lowest BCUT2D eigenvalue weighted by Crippen LogP contribution is -2.19. The first-order chi connectivity index (χ1) is 13.2. The van der Waals surface area contributed by atoms with Crippen LogP contribution in [0.25, 0.3) is 21.7 Å². The molecule has 4 aromatic rings. The molecule has 134 valence electrons. The Morgan fingerprint density at radius 1 is 1.04 bits per heavy atom. The molecule has 0 aliphatic heterocycles. The van der Waals surface area contributed by atoms with Gasteiger partial charge in [0.05, 0.1) is 11.8 Å². The maximum absolute atomic E-state index is 12.8. The first-order valence-electron chi connectivity index (χ1n) is 9.08. The normalized spacial score (nSPS) is 11.5. The van der Waals surface area contributed by atoms with Gasteiger partial charge in [-0.15, -0.1) is 0 Å². The monoisotopic (exact) mass is 355 g/mol. The topological polar surface area (TPSA) is 46.4 Å². The van der Waals surface area contributed by atoms with E-state index in [-0.39, 0.29) is 5.91 Å². The van der Waals surface area contributed by atoms with E-state index in [0.29, 0.717) is 5.56 Å². The molecule has 0 spiro atoms. The molecule has 1 amide bonds. The van der Waals surface area contributed by atoms with Gasteiger partial charge in [0.25, 0.3) is 5.91 Å². The minimum atomic E-state index is -0.195. The first-order valence-corrected chi connectivity index (χ1v) is 9.08. The molecule has 0 aliphatic rings. The lowest BCUT2D eigenvalue weighted by Gasteiger charge is -2.08. The van der Waals surface area contributed by atoms with Crippen molar-refractivity contribution in [3.8, 4) is 0 Å². The summed E-state index contributed by atoms with van der Waals surface area (Å²) in [6.45, 7) is 4.94. The number of rotatable bonds is 4. The highest BCUT2D eigenvalue weighted by molar-refractivity contribution is 6.08. The molecule has 1 heterocycles. The van der Waals surface area contributed by atoms with Crippen LogP contribution < -0.4 is 5.43 Å². The lowest BCUT2D eigenvalue weighted by molar-refractivity contribution is 0.0956. The average molecular weight is 355 g/mol. The second-order valence-electron chi connectivity index (χ2n) is 6.57. The smallest absolute Gasteiger partial charge is 0.272 e. The van der Waals surface area contributed by atoms with E-state index in [1.54, 1.807) is 6.21 Å². The Bertz CT molecular complexity index is 1170. The Morgan fingerprint density at radius 3 is 2.59 bits per heavy atom. The molecule has 4 rings (SSSR count). The number of fused-ring (bicyclic) bond motifs is 2. The fourth-order valence-electron chi connectivity index (χ4n) is 3.54. The van der Waals surface area contributed by atoms with Crippen LogP contribution in [0, 0.1) is 6.92 Å². The summed E-state index contributed by atoms with van der Waals surface area (Å²) in [6, 6.07) is 20.1. The van der Waals surface area contributed by atoms with Crippen LogP contribution in [0.4, 0.5) is 0 Å². The van der Waals surface area contributed by atoms with Crippen LogP contribution in [0.15, 0.2) is 72.0 Å². The number of carbonyl (C=O) groups excluding carboxylic acids is 1. The molecule has 1 aromatic heterocycles. The third-order valence-corrected chi connectivity index (χ3v) is 4.89. The summed E-state index contributed by atoms with van der Waals surface area (Å²) in [6.07, 6.45) is 3.77. The highest BCUT2D eigenvalue weighted by atomic mass is 16.2. The largest absolute Gasteiger partial charge is 0.347 e. The van der Waals surface area contributed by atoms with E-state index in [4.69, 9.17) is 0 Å². The summed E-state index contributed by atoms with van der Waals surface area (Å²) >= 11 is 0. The van der Waals surface area contributed by atoms with E-state index < -0.39 is 0 Å². The van der Waals surface area contributed by atoms with Crippen molar-refractivity contribution in [2.45, 2.75) is 20.4 Å². The van der Waals surface area contributed by atoms with Crippen LogP contribution in [-0.2, 0) is 6.54 Å². The molecule has 0 fully saturated rings. The second-order valence-corrected chi connectivity index (χ2v) is 6.57. The summed E-state index contributed by atoms with van der Waals surface area (Å²) in [5, 5.41) is 7.33. The summed E-state index contributed by atoms with van der Waals surface area (Å²) in [4.78, 5) is 12.8. The van der Waals surface area contributed by atoms with Crippen LogP contribution in [0.3, 0.4) is 0 Å². The molecular weight excluding hydrogens is 334 g/mol. The quantitative estimate of drug-likeness (QED) is 0.411. The third-order valence-electron chi connectivity index (χ3n) is 4.89. The molecule has 27 heavy (non-hydrogen) atoms. The number of para-hydroxylation sites is 1. The lowest BCUT2D eigenvalue weighted by atomic mass is 9.99. The molecule has 0 saturated heterocycles. The molecule has 0 unspecified atom stereocenters. The summed E-state index contributed by atoms with van der Waals surface area (Å²) in [5.74, 6) is -0.195. The van der Waals surface area contributed by atoms with Crippen molar-refractivity contribution in [1.29, 1.82) is 0 Å². The molecular formula is C23H21N3O. The van der Waals surface area contributed by atoms with Gasteiger partial charge in [-0.3, -0.25) is 4.79 Å². The van der Waals surface area contributed by atoms with Gasteiger partial charge < -0.3 is 4.57 Å². The van der Waals surface area contributed by atoms with E-state index in [1.807, 2.05) is 55.5 Å². The van der Waals surface area contributed by atoms with Crippen molar-refractivity contribution >= 4 is 33.8 Å². The van der Waals surface area contributed by atoms with Gasteiger partial charge in [-0.2, -0.15) is 5.10 Å². The average Bonchev–Trinajstić information content (AvgIpc) is 3.06. The van der Waals surface area contributed by atoms with Gasteiger partial charge in [0.15, 0.2) is 0 Å². The zero-order valence-electron chi connectivity index (χ0n) is 15.4. The Morgan fingerprint density at radius 2 is 1.78 bits per heavy atom. The minimum Gasteiger partial charge on any atom is -0.347 e. The van der Waals surface area contributed by atoms with E-state index in [9.17, 15) is 4.79 Å². The number of nitrogens with one attached hydrogen (secondary N) is 1. The Labute approximate surface area is 158 Å². The van der Waals surface area contributed by atoms with Gasteiger partial charge in [-0.25, -0.2) is 5.43 Å². The van der Waals surface area contributed by atoms with Crippen LogP contribution in [-0.4, -0.2) is 16.7 Å². The van der Waals surface area contributed by atoms with Crippen molar-refractivity contribution in [1.82, 2.24) is 9.99 Å². The molecule has 4 heteroatoms. The second kappa shape index (κ2) is 7.08. The Hall–Kier alpha value is -3.40. The number of amides is 1. The van der Waals surface area contributed by atoms with Gasteiger partial charge in [-0.05, 0) is 36.2 Å². The van der Waals surface area contributed by atoms with Gasteiger partial charge >= 0.3 is 0 Å². The Balaban J connectivity index is 1.63. The van der Waals surface area contributed by atoms with Gasteiger partial charge in [0, 0.05) is 29.2 Å². The molecule has 4 nitrogen and oxygen atoms in total. The van der Waals surface area contributed by atoms with Crippen molar-refractivity contribution in [2.75, 3.05) is 0 Å². The van der Waals surface area contributed by atoms with Crippen LogP contribution in [0.1, 0.15) is 28.4 Å². The zero-order valence-corrected chi connectivity index (χ0v) is 15.4. The predicted molar refractivity (Wildman–Crippen MR) is 111 cm³/mol. The summed E-state index contributed by atoms with van der Waals surface area (Å²) in [5.41, 5.74) is 6.45. The number of benzene rings is 3. The number of aromatic nitrogens is 1. The fraction of sp³-hybridized carbons (Fsp3) is 0.130. The van der Waals surface area contributed by atoms with Gasteiger partial charge in [0.2, 0.25) is 0 Å². The summed E-state index contributed by atoms with van der Waals surface area (Å²) in [7, 11) is 0. The number of aryl methyl sites for hydroxylation is 2. The van der Waals surface area contributed by atoms with Crippen molar-refractivity contribution < 1.29 is 4.79 Å². The van der Waals surface area contributed by atoms with E-state index in [1.165, 1.54) is 0 Å². The SMILES string of the molecule is CCn1cc(/C=N\NC(=O)c2c(C)ccc3ccccc23)c2ccccc21. The molecule has 0 bridgehead atoms. The molecule has 0 saturated carbocycles. The van der Waals surface area contributed by atoms with E-state index >= 15 is 0 Å². The number of hydrogen-bond acceptors (Lipinski definition) is 2. The predicted octanol–water partition coefficient (Wildman–Crippen LogP) is 4.89. The van der Waals surface area contributed by atoms with Crippen LogP contribution >= 0.6 is 0 Å². The molecule has 0 aliphatic carbocycles. The minimum absolute atomic E-state index is 0.195. The standard InChI is InChI=1S/C23H21N3O/c1-3-26-15-18(19-9-6-7-11-21(19)26)14-24-25-23(27)22-16(2)12-13-17-8-4-5-10-20(17)22/h4-15H,3H2,1-2H3,(H,25,27)/b24-14-. The van der Waals surface area contributed by atoms with Crippen LogP contribution in [0.5, 0.6) is 0 Å². The molecule has 0 atom stereocenters. The van der Waals surface area contributed by atoms with Crippen molar-refractivity contribution in [3.63, 3.8) is 0 Å². The summed E-state index contributed by atoms with van der Waals surface area (Å²) < 4.78 is 2.17. The third kappa shape index (κ3) is 3.10. The highest BCUT2D eigenvalue weighted by Gasteiger charge is 2.12. The maximum atomic E-state index is 12.8. The molecule has 0 radical (unpaired) electrons. The highest BCUT2D eigenvalue weighted by Crippen LogP contribution is 2.22. The van der Waals surface area contributed by atoms with Gasteiger partial charge in [0.1, 0.15) is 0 Å². The molecule has 1 N–H and O–H groups in total. The Kier molecular flexibility index (Phi) is 4.47. The maximum Gasteiger partial charge on any atom is 0.272 e. The number of hydrogen-bond donors (Lipinski definition) is 1. The van der Waals surface area contributed by atoms with Gasteiger partial charge in [-0.1, -0.05) is 54.6 Å². The van der Waals surface area contributed by atoms with E-state index in [2.05, 4.69) is 40.3 Å². The van der Waals surface area contributed by atoms with Crippen LogP contribution in [0.2, 0.25) is 0 Å². The van der Waals surface area contributed by atoms with Crippen molar-refractivity contribution in [3.05, 3.63) is 83.6 Å². The fourth-order valence-corrected chi connectivity index (χ4v) is 3.54. The zero-order chi connectivity index (χ0) is 18.8. The van der Waals surface area contributed by atoms with E-state index in [0.717, 1.165) is 39.3 Å². The van der Waals surface area contributed by atoms with Crippen molar-refractivity contribution in [2.24, 2.45) is 5.10 Å². The number of nitrogens with zero attached hydrogens (tertiary/aromatic N) is 2. The number of carbonyl (C=O) groups is 1. The molecule has 3 aromatic carbocycles. The first kappa shape index (κ1) is 17.0.